The normalized spacial score (nSPS) is 20.0. The number of fused-ring (bicyclic) bond motifs is 1. The Morgan fingerprint density at radius 2 is 1.39 bits per heavy atom. The van der Waals surface area contributed by atoms with Gasteiger partial charge in [0.25, 0.3) is 0 Å². The topological polar surface area (TPSA) is 0 Å². The molecular weight excluding hydrogens is 276 g/mol. The molecule has 0 spiro atoms. The molecule has 0 amide bonds. The first-order chi connectivity index (χ1) is 11.3. The molecule has 4 rings (SSSR count). The van der Waals surface area contributed by atoms with Gasteiger partial charge in [0.2, 0.25) is 0 Å². The van der Waals surface area contributed by atoms with Crippen LogP contribution in [0.4, 0.5) is 0 Å². The highest BCUT2D eigenvalue weighted by molar-refractivity contribution is 5.45. The zero-order valence-electron chi connectivity index (χ0n) is 13.6. The maximum Gasteiger partial charge on any atom is 0.0161 e. The molecule has 114 valence electrons. The molecule has 0 saturated heterocycles. The number of hydrogen-bond donors (Lipinski definition) is 0. The van der Waals surface area contributed by atoms with Crippen molar-refractivity contribution >= 4 is 0 Å². The summed E-state index contributed by atoms with van der Waals surface area (Å²) in [5.41, 5.74) is 7.26. The van der Waals surface area contributed by atoms with E-state index in [1.807, 2.05) is 0 Å². The third-order valence-corrected chi connectivity index (χ3v) is 5.18. The standard InChI is InChI=1S/C23H22/c1-17-11-13-20(14-12-17)23-21-10-6-5-9-19(21)15-16-22(23)18-7-3-2-4-8-18/h2-14,22-23H,15-16H2,1H3. The van der Waals surface area contributed by atoms with Crippen LogP contribution in [0.5, 0.6) is 0 Å². The number of rotatable bonds is 2. The summed E-state index contributed by atoms with van der Waals surface area (Å²) in [7, 11) is 0. The first-order valence-corrected chi connectivity index (χ1v) is 8.52. The Morgan fingerprint density at radius 1 is 0.696 bits per heavy atom. The zero-order chi connectivity index (χ0) is 15.6. The summed E-state index contributed by atoms with van der Waals surface area (Å²) in [6.07, 6.45) is 2.40. The highest BCUT2D eigenvalue weighted by atomic mass is 14.3. The maximum absolute atomic E-state index is 2.33. The molecule has 3 aromatic rings. The predicted octanol–water partition coefficient (Wildman–Crippen LogP) is 5.86. The van der Waals surface area contributed by atoms with Gasteiger partial charge in [0.15, 0.2) is 0 Å². The molecule has 0 heterocycles. The second-order valence-electron chi connectivity index (χ2n) is 6.64. The lowest BCUT2D eigenvalue weighted by atomic mass is 9.69. The van der Waals surface area contributed by atoms with Crippen molar-refractivity contribution in [1.82, 2.24) is 0 Å². The van der Waals surface area contributed by atoms with Crippen LogP contribution in [0.25, 0.3) is 0 Å². The minimum atomic E-state index is 0.461. The number of aryl methyl sites for hydroxylation is 2. The van der Waals surface area contributed by atoms with E-state index in [2.05, 4.69) is 85.8 Å². The van der Waals surface area contributed by atoms with E-state index in [9.17, 15) is 0 Å². The van der Waals surface area contributed by atoms with E-state index >= 15 is 0 Å². The van der Waals surface area contributed by atoms with Crippen LogP contribution in [0, 0.1) is 6.92 Å². The van der Waals surface area contributed by atoms with Crippen LogP contribution in [-0.2, 0) is 6.42 Å². The second kappa shape index (κ2) is 6.04. The van der Waals surface area contributed by atoms with Crippen LogP contribution < -0.4 is 0 Å². The van der Waals surface area contributed by atoms with Gasteiger partial charge in [0.05, 0.1) is 0 Å². The molecule has 23 heavy (non-hydrogen) atoms. The molecule has 3 aromatic carbocycles. The van der Waals surface area contributed by atoms with Crippen molar-refractivity contribution in [1.29, 1.82) is 0 Å². The highest BCUT2D eigenvalue weighted by Crippen LogP contribution is 2.46. The van der Waals surface area contributed by atoms with E-state index in [-0.39, 0.29) is 0 Å². The largest absolute Gasteiger partial charge is 0.0622 e. The van der Waals surface area contributed by atoms with Crippen molar-refractivity contribution in [2.45, 2.75) is 31.6 Å². The van der Waals surface area contributed by atoms with Gasteiger partial charge in [0, 0.05) is 5.92 Å². The summed E-state index contributed by atoms with van der Waals surface area (Å²) in [6.45, 7) is 2.16. The van der Waals surface area contributed by atoms with E-state index < -0.39 is 0 Å². The minimum absolute atomic E-state index is 0.461. The van der Waals surface area contributed by atoms with Crippen molar-refractivity contribution in [3.05, 3.63) is 107 Å². The maximum atomic E-state index is 2.33. The molecule has 0 aromatic heterocycles. The Hall–Kier alpha value is -2.34. The third kappa shape index (κ3) is 2.70. The van der Waals surface area contributed by atoms with Crippen LogP contribution in [0.15, 0.2) is 78.9 Å². The Morgan fingerprint density at radius 3 is 2.17 bits per heavy atom. The zero-order valence-corrected chi connectivity index (χ0v) is 13.6. The molecule has 0 heteroatoms. The molecule has 0 saturated carbocycles. The summed E-state index contributed by atoms with van der Waals surface area (Å²) >= 11 is 0. The molecule has 0 nitrogen and oxygen atoms in total. The van der Waals surface area contributed by atoms with Gasteiger partial charge in [-0.15, -0.1) is 0 Å². The third-order valence-electron chi connectivity index (χ3n) is 5.18. The van der Waals surface area contributed by atoms with Gasteiger partial charge in [-0.05, 0) is 47.9 Å². The number of benzene rings is 3. The lowest BCUT2D eigenvalue weighted by Crippen LogP contribution is -2.20. The lowest BCUT2D eigenvalue weighted by molar-refractivity contribution is 0.524. The fraction of sp³-hybridized carbons (Fsp3) is 0.217. The fourth-order valence-electron chi connectivity index (χ4n) is 4.00. The van der Waals surface area contributed by atoms with Gasteiger partial charge in [0.1, 0.15) is 0 Å². The molecule has 2 atom stereocenters. The van der Waals surface area contributed by atoms with E-state index in [1.54, 1.807) is 0 Å². The highest BCUT2D eigenvalue weighted by Gasteiger charge is 2.31. The molecule has 0 N–H and O–H groups in total. The van der Waals surface area contributed by atoms with Crippen LogP contribution in [0.1, 0.15) is 46.1 Å². The Bertz CT molecular complexity index is 784. The van der Waals surface area contributed by atoms with Crippen molar-refractivity contribution in [3.8, 4) is 0 Å². The van der Waals surface area contributed by atoms with E-state index in [0.29, 0.717) is 11.8 Å². The summed E-state index contributed by atoms with van der Waals surface area (Å²) in [4.78, 5) is 0. The van der Waals surface area contributed by atoms with Crippen molar-refractivity contribution in [2.75, 3.05) is 0 Å². The van der Waals surface area contributed by atoms with E-state index in [1.165, 1.54) is 40.7 Å². The van der Waals surface area contributed by atoms with E-state index in [4.69, 9.17) is 0 Å². The Labute approximate surface area is 138 Å². The molecule has 2 unspecified atom stereocenters. The molecule has 0 aliphatic heterocycles. The summed E-state index contributed by atoms with van der Waals surface area (Å²) in [5, 5.41) is 0. The SMILES string of the molecule is Cc1ccc(C2c3ccccc3CCC2c2ccccc2)cc1. The van der Waals surface area contributed by atoms with Gasteiger partial charge in [-0.25, -0.2) is 0 Å². The quantitative estimate of drug-likeness (QED) is 0.556. The van der Waals surface area contributed by atoms with Crippen LogP contribution in [-0.4, -0.2) is 0 Å². The van der Waals surface area contributed by atoms with Crippen LogP contribution >= 0.6 is 0 Å². The molecule has 1 aliphatic rings. The number of hydrogen-bond acceptors (Lipinski definition) is 0. The Kier molecular flexibility index (Phi) is 3.75. The first-order valence-electron chi connectivity index (χ1n) is 8.52. The van der Waals surface area contributed by atoms with Crippen molar-refractivity contribution in [3.63, 3.8) is 0 Å². The molecule has 0 fully saturated rings. The fourth-order valence-corrected chi connectivity index (χ4v) is 4.00. The van der Waals surface area contributed by atoms with Crippen molar-refractivity contribution < 1.29 is 0 Å². The molecule has 0 bridgehead atoms. The average Bonchev–Trinajstić information content (AvgIpc) is 2.62. The smallest absolute Gasteiger partial charge is 0.0161 e. The van der Waals surface area contributed by atoms with Gasteiger partial charge in [-0.1, -0.05) is 84.4 Å². The van der Waals surface area contributed by atoms with Gasteiger partial charge in [-0.3, -0.25) is 0 Å². The summed E-state index contributed by atoms with van der Waals surface area (Å²) in [6, 6.07) is 29.2. The second-order valence-corrected chi connectivity index (χ2v) is 6.64. The van der Waals surface area contributed by atoms with Gasteiger partial charge >= 0.3 is 0 Å². The molecular formula is C23H22. The monoisotopic (exact) mass is 298 g/mol. The first kappa shape index (κ1) is 14.3. The van der Waals surface area contributed by atoms with Crippen molar-refractivity contribution in [2.24, 2.45) is 0 Å². The van der Waals surface area contributed by atoms with Crippen LogP contribution in [0.2, 0.25) is 0 Å². The predicted molar refractivity (Wildman–Crippen MR) is 97.0 cm³/mol. The van der Waals surface area contributed by atoms with E-state index in [0.717, 1.165) is 0 Å². The molecule has 1 aliphatic carbocycles. The average molecular weight is 298 g/mol. The summed E-state index contributed by atoms with van der Waals surface area (Å²) < 4.78 is 0. The van der Waals surface area contributed by atoms with Gasteiger partial charge in [-0.2, -0.15) is 0 Å². The Balaban J connectivity index is 1.85. The van der Waals surface area contributed by atoms with Gasteiger partial charge < -0.3 is 0 Å². The molecule has 0 radical (unpaired) electrons. The van der Waals surface area contributed by atoms with Crippen LogP contribution in [0.3, 0.4) is 0 Å². The summed E-state index contributed by atoms with van der Waals surface area (Å²) in [5.74, 6) is 1.02. The minimum Gasteiger partial charge on any atom is -0.0622 e. The lowest BCUT2D eigenvalue weighted by Gasteiger charge is -2.34.